The molecule has 0 radical (unpaired) electrons. The SMILES string of the molecule is Nc1ccc(F)cc1NC(=O)c1ccnnc1. The second-order valence-electron chi connectivity index (χ2n) is 3.32. The molecule has 1 aromatic heterocycles. The lowest BCUT2D eigenvalue weighted by Crippen LogP contribution is -2.13. The molecule has 0 aliphatic rings. The van der Waals surface area contributed by atoms with Crippen molar-refractivity contribution >= 4 is 17.3 Å². The summed E-state index contributed by atoms with van der Waals surface area (Å²) >= 11 is 0. The van der Waals surface area contributed by atoms with Gasteiger partial charge in [-0.15, -0.1) is 0 Å². The highest BCUT2D eigenvalue weighted by molar-refractivity contribution is 6.05. The molecule has 0 saturated heterocycles. The van der Waals surface area contributed by atoms with Gasteiger partial charge < -0.3 is 11.1 Å². The van der Waals surface area contributed by atoms with Crippen molar-refractivity contribution in [3.63, 3.8) is 0 Å². The van der Waals surface area contributed by atoms with Crippen LogP contribution >= 0.6 is 0 Å². The van der Waals surface area contributed by atoms with Gasteiger partial charge in [0, 0.05) is 0 Å². The Morgan fingerprint density at radius 1 is 1.29 bits per heavy atom. The van der Waals surface area contributed by atoms with E-state index in [1.807, 2.05) is 0 Å². The fourth-order valence-corrected chi connectivity index (χ4v) is 1.26. The van der Waals surface area contributed by atoms with E-state index in [-0.39, 0.29) is 5.69 Å². The number of halogens is 1. The first-order chi connectivity index (χ1) is 8.16. The van der Waals surface area contributed by atoms with Gasteiger partial charge >= 0.3 is 0 Å². The molecule has 0 spiro atoms. The molecule has 86 valence electrons. The van der Waals surface area contributed by atoms with Crippen LogP contribution in [-0.4, -0.2) is 16.1 Å². The third kappa shape index (κ3) is 2.54. The van der Waals surface area contributed by atoms with Gasteiger partial charge in [-0.1, -0.05) is 0 Å². The van der Waals surface area contributed by atoms with Crippen molar-refractivity contribution in [2.45, 2.75) is 0 Å². The van der Waals surface area contributed by atoms with E-state index >= 15 is 0 Å². The fourth-order valence-electron chi connectivity index (χ4n) is 1.26. The van der Waals surface area contributed by atoms with Gasteiger partial charge in [-0.05, 0) is 24.3 Å². The predicted molar refractivity (Wildman–Crippen MR) is 60.8 cm³/mol. The quantitative estimate of drug-likeness (QED) is 0.768. The zero-order valence-electron chi connectivity index (χ0n) is 8.72. The fraction of sp³-hybridized carbons (Fsp3) is 0. The van der Waals surface area contributed by atoms with E-state index in [9.17, 15) is 9.18 Å². The highest BCUT2D eigenvalue weighted by Gasteiger charge is 2.08. The van der Waals surface area contributed by atoms with Crippen LogP contribution in [0, 0.1) is 5.82 Å². The van der Waals surface area contributed by atoms with Crippen molar-refractivity contribution in [1.29, 1.82) is 0 Å². The molecular weight excluding hydrogens is 223 g/mol. The van der Waals surface area contributed by atoms with Crippen molar-refractivity contribution in [1.82, 2.24) is 10.2 Å². The number of benzene rings is 1. The highest BCUT2D eigenvalue weighted by atomic mass is 19.1. The lowest BCUT2D eigenvalue weighted by atomic mass is 10.2. The average Bonchev–Trinajstić information content (AvgIpc) is 2.35. The van der Waals surface area contributed by atoms with Gasteiger partial charge in [0.2, 0.25) is 0 Å². The molecular formula is C11H9FN4O. The number of hydrogen-bond acceptors (Lipinski definition) is 4. The molecule has 2 rings (SSSR count). The van der Waals surface area contributed by atoms with Crippen LogP contribution in [0.4, 0.5) is 15.8 Å². The second kappa shape index (κ2) is 4.56. The lowest BCUT2D eigenvalue weighted by molar-refractivity contribution is 0.102. The summed E-state index contributed by atoms with van der Waals surface area (Å²) in [6, 6.07) is 5.26. The first-order valence-corrected chi connectivity index (χ1v) is 4.80. The molecule has 0 aliphatic heterocycles. The predicted octanol–water partition coefficient (Wildman–Crippen LogP) is 1.45. The van der Waals surface area contributed by atoms with Crippen LogP contribution in [0.3, 0.4) is 0 Å². The molecule has 0 atom stereocenters. The Hall–Kier alpha value is -2.50. The molecule has 6 heteroatoms. The van der Waals surface area contributed by atoms with Crippen LogP contribution in [0.5, 0.6) is 0 Å². The molecule has 17 heavy (non-hydrogen) atoms. The van der Waals surface area contributed by atoms with E-state index < -0.39 is 11.7 Å². The molecule has 2 aromatic rings. The lowest BCUT2D eigenvalue weighted by Gasteiger charge is -2.07. The number of anilines is 2. The number of carbonyl (C=O) groups is 1. The van der Waals surface area contributed by atoms with Gasteiger partial charge in [-0.3, -0.25) is 4.79 Å². The monoisotopic (exact) mass is 232 g/mol. The number of nitrogens with zero attached hydrogens (tertiary/aromatic N) is 2. The highest BCUT2D eigenvalue weighted by Crippen LogP contribution is 2.19. The van der Waals surface area contributed by atoms with E-state index in [1.165, 1.54) is 30.6 Å². The zero-order valence-corrected chi connectivity index (χ0v) is 8.72. The summed E-state index contributed by atoms with van der Waals surface area (Å²) in [5.74, 6) is -0.889. The third-order valence-electron chi connectivity index (χ3n) is 2.11. The van der Waals surface area contributed by atoms with Crippen LogP contribution in [0.25, 0.3) is 0 Å². The Morgan fingerprint density at radius 3 is 2.82 bits per heavy atom. The zero-order chi connectivity index (χ0) is 12.3. The maximum Gasteiger partial charge on any atom is 0.257 e. The van der Waals surface area contributed by atoms with Gasteiger partial charge in [0.15, 0.2) is 0 Å². The summed E-state index contributed by atoms with van der Waals surface area (Å²) in [6.45, 7) is 0. The Balaban J connectivity index is 2.22. The van der Waals surface area contributed by atoms with Crippen LogP contribution in [0.15, 0.2) is 36.7 Å². The first-order valence-electron chi connectivity index (χ1n) is 4.80. The molecule has 0 unspecified atom stereocenters. The number of carbonyl (C=O) groups excluding carboxylic acids is 1. The van der Waals surface area contributed by atoms with Gasteiger partial charge in [0.05, 0.1) is 29.3 Å². The molecule has 1 amide bonds. The van der Waals surface area contributed by atoms with Crippen molar-refractivity contribution in [3.8, 4) is 0 Å². The number of nitrogen functional groups attached to an aromatic ring is 1. The topological polar surface area (TPSA) is 80.9 Å². The number of rotatable bonds is 2. The summed E-state index contributed by atoms with van der Waals surface area (Å²) in [6.07, 6.45) is 2.70. The van der Waals surface area contributed by atoms with E-state index in [1.54, 1.807) is 0 Å². The van der Waals surface area contributed by atoms with Gasteiger partial charge in [-0.25, -0.2) is 4.39 Å². The van der Waals surface area contributed by atoms with E-state index in [0.717, 1.165) is 6.07 Å². The minimum absolute atomic E-state index is 0.229. The average molecular weight is 232 g/mol. The number of nitrogens with one attached hydrogen (secondary N) is 1. The molecule has 3 N–H and O–H groups in total. The van der Waals surface area contributed by atoms with Crippen LogP contribution in [0.2, 0.25) is 0 Å². The van der Waals surface area contributed by atoms with Crippen molar-refractivity contribution in [2.75, 3.05) is 11.1 Å². The van der Waals surface area contributed by atoms with E-state index in [0.29, 0.717) is 11.3 Å². The largest absolute Gasteiger partial charge is 0.397 e. The molecule has 5 nitrogen and oxygen atoms in total. The van der Waals surface area contributed by atoms with Crippen LogP contribution < -0.4 is 11.1 Å². The van der Waals surface area contributed by atoms with Crippen LogP contribution in [0.1, 0.15) is 10.4 Å². The normalized spacial score (nSPS) is 9.94. The van der Waals surface area contributed by atoms with Gasteiger partial charge in [0.25, 0.3) is 5.91 Å². The minimum Gasteiger partial charge on any atom is -0.397 e. The molecule has 1 aromatic carbocycles. The van der Waals surface area contributed by atoms with Crippen LogP contribution in [-0.2, 0) is 0 Å². The standard InChI is InChI=1S/C11H9FN4O/c12-8-1-2-9(13)10(5-8)16-11(17)7-3-4-14-15-6-7/h1-6H,13H2,(H,16,17). The molecule has 0 aliphatic carbocycles. The first kappa shape index (κ1) is 11.0. The minimum atomic E-state index is -0.470. The van der Waals surface area contributed by atoms with Gasteiger partial charge in [-0.2, -0.15) is 10.2 Å². The third-order valence-corrected chi connectivity index (χ3v) is 2.11. The second-order valence-corrected chi connectivity index (χ2v) is 3.32. The summed E-state index contributed by atoms with van der Waals surface area (Å²) in [5, 5.41) is 9.62. The Morgan fingerprint density at radius 2 is 2.12 bits per heavy atom. The smallest absolute Gasteiger partial charge is 0.257 e. The Labute approximate surface area is 96.5 Å². The number of hydrogen-bond donors (Lipinski definition) is 2. The molecule has 0 bridgehead atoms. The maximum atomic E-state index is 13.0. The number of nitrogens with two attached hydrogens (primary N) is 1. The number of amides is 1. The maximum absolute atomic E-state index is 13.0. The van der Waals surface area contributed by atoms with E-state index in [4.69, 9.17) is 5.73 Å². The van der Waals surface area contributed by atoms with Crippen molar-refractivity contribution in [3.05, 3.63) is 48.0 Å². The summed E-state index contributed by atoms with van der Waals surface area (Å²) in [5.41, 5.74) is 6.45. The molecule has 1 heterocycles. The molecule has 0 fully saturated rings. The van der Waals surface area contributed by atoms with E-state index in [2.05, 4.69) is 15.5 Å². The van der Waals surface area contributed by atoms with Gasteiger partial charge in [0.1, 0.15) is 5.82 Å². The van der Waals surface area contributed by atoms with Crippen molar-refractivity contribution < 1.29 is 9.18 Å². The number of aromatic nitrogens is 2. The Bertz CT molecular complexity index is 544. The Kier molecular flexibility index (Phi) is 2.95. The van der Waals surface area contributed by atoms with Crippen molar-refractivity contribution in [2.24, 2.45) is 0 Å². The summed E-state index contributed by atoms with van der Waals surface area (Å²) in [4.78, 5) is 11.7. The summed E-state index contributed by atoms with van der Waals surface area (Å²) in [7, 11) is 0. The summed E-state index contributed by atoms with van der Waals surface area (Å²) < 4.78 is 13.0. The molecule has 0 saturated carbocycles.